The number of hydrogen-bond donors (Lipinski definition) is 5. The normalized spacial score (nSPS) is 14.3. The lowest BCUT2D eigenvalue weighted by atomic mass is 9.74. The van der Waals surface area contributed by atoms with Gasteiger partial charge < -0.3 is 36.1 Å². The van der Waals surface area contributed by atoms with Crippen LogP contribution >= 0.6 is 0 Å². The number of esters is 1. The molecule has 0 fully saturated rings. The summed E-state index contributed by atoms with van der Waals surface area (Å²) in [6, 6.07) is 15.9. The van der Waals surface area contributed by atoms with Gasteiger partial charge in [-0.25, -0.2) is 18.5 Å². The Labute approximate surface area is 351 Å². The molecule has 0 saturated heterocycles. The Balaban J connectivity index is 1.19. The van der Waals surface area contributed by atoms with Crippen LogP contribution in [0.15, 0.2) is 91.1 Å². The molecule has 1 aliphatic heterocycles. The lowest BCUT2D eigenvalue weighted by Gasteiger charge is -2.35. The number of nitrogens with zero attached hydrogens (tertiary/aromatic N) is 2. The van der Waals surface area contributed by atoms with Gasteiger partial charge >= 0.3 is 12.1 Å². The number of carbonyl (C=O) groups is 6. The van der Waals surface area contributed by atoms with Crippen molar-refractivity contribution < 1.29 is 60.6 Å². The van der Waals surface area contributed by atoms with Crippen molar-refractivity contribution in [1.29, 1.82) is 0 Å². The van der Waals surface area contributed by atoms with Crippen molar-refractivity contribution in [3.05, 3.63) is 120 Å². The quantitative estimate of drug-likeness (QED) is 0.0359. The van der Waals surface area contributed by atoms with Gasteiger partial charge in [-0.2, -0.15) is 13.2 Å². The second kappa shape index (κ2) is 19.3. The number of carbonyl (C=O) groups excluding carboxylic acids is 6. The number of rotatable bonds is 16. The Morgan fingerprint density at radius 2 is 1.47 bits per heavy atom. The Morgan fingerprint density at radius 1 is 0.823 bits per heavy atom. The maximum Gasteiger partial charge on any atom is 0.491 e. The molecule has 0 saturated carbocycles. The van der Waals surface area contributed by atoms with Crippen molar-refractivity contribution in [2.24, 2.45) is 11.1 Å². The van der Waals surface area contributed by atoms with Crippen LogP contribution in [0.4, 0.5) is 27.6 Å². The van der Waals surface area contributed by atoms with Gasteiger partial charge in [-0.15, -0.1) is 0 Å². The van der Waals surface area contributed by atoms with Crippen LogP contribution in [0.1, 0.15) is 54.7 Å². The standard InChI is InChI=1S/C43H43F5N6O8/c1-42(2,3)35(32-20-25(28-21-26(44)12-13-29(28)45)23-53(32)22-24-8-5-4-6-9-24)36(57)40(60)50-17-16-30(49)39(59)52-19-18-51-38(58)27-10-7-11-31(54-33(55)14-15-34(54)56)37(27)62-41(61)43(46,47)48/h4-15,20-21,23,30,35-36,57H,16-19,22,49H2,1-3H3,(H,50,60)(H,51,58)(H,52,59)/t30-,35+,36-/m0/s1. The Kier molecular flexibility index (Phi) is 14.4. The summed E-state index contributed by atoms with van der Waals surface area (Å²) >= 11 is 0. The number of imide groups is 1. The van der Waals surface area contributed by atoms with E-state index in [1.807, 2.05) is 51.1 Å². The van der Waals surface area contributed by atoms with Gasteiger partial charge in [0, 0.05) is 67.3 Å². The molecule has 1 aromatic heterocycles. The molecule has 0 aliphatic carbocycles. The predicted octanol–water partition coefficient (Wildman–Crippen LogP) is 4.25. The lowest BCUT2D eigenvalue weighted by Crippen LogP contribution is -2.47. The number of nitrogens with two attached hydrogens (primary N) is 1. The van der Waals surface area contributed by atoms with E-state index in [4.69, 9.17) is 5.73 Å². The minimum absolute atomic E-state index is 0.00117. The van der Waals surface area contributed by atoms with Crippen LogP contribution in [0.5, 0.6) is 5.75 Å². The second-order valence-electron chi connectivity index (χ2n) is 15.3. The average molecular weight is 867 g/mol. The number of aromatic nitrogens is 1. The number of ether oxygens (including phenoxy) is 1. The summed E-state index contributed by atoms with van der Waals surface area (Å²) in [7, 11) is 0. The number of amides is 5. The molecule has 0 radical (unpaired) electrons. The summed E-state index contributed by atoms with van der Waals surface area (Å²) in [6.07, 6.45) is -3.94. The molecular weight excluding hydrogens is 823 g/mol. The summed E-state index contributed by atoms with van der Waals surface area (Å²) in [5.74, 6) is -10.4. The van der Waals surface area contributed by atoms with E-state index in [0.717, 1.165) is 54.1 Å². The van der Waals surface area contributed by atoms with Crippen LogP contribution in [-0.4, -0.2) is 83.1 Å². The molecule has 19 heteroatoms. The molecule has 1 aliphatic rings. The van der Waals surface area contributed by atoms with Crippen molar-refractivity contribution in [2.45, 2.75) is 58.0 Å². The van der Waals surface area contributed by atoms with Gasteiger partial charge in [0.05, 0.1) is 17.3 Å². The molecule has 4 aromatic rings. The molecule has 2 heterocycles. The number of aliphatic hydroxyl groups excluding tert-OH is 1. The third kappa shape index (κ3) is 11.1. The van der Waals surface area contributed by atoms with Gasteiger partial charge in [-0.3, -0.25) is 24.0 Å². The first kappa shape index (κ1) is 46.3. The molecule has 5 amide bonds. The molecule has 3 aromatic carbocycles. The molecule has 14 nitrogen and oxygen atoms in total. The predicted molar refractivity (Wildman–Crippen MR) is 214 cm³/mol. The van der Waals surface area contributed by atoms with E-state index in [-0.39, 0.29) is 38.2 Å². The number of anilines is 1. The third-order valence-electron chi connectivity index (χ3n) is 9.72. The van der Waals surface area contributed by atoms with E-state index in [9.17, 15) is 55.8 Å². The SMILES string of the molecule is CC(C)(C)[C@H](c1cc(-c2cc(F)ccc2F)cn1Cc1ccccc1)[C@H](O)C(=O)NCC[C@H](N)C(=O)NCCNC(=O)c1cccc(N2C(=O)C=CC2=O)c1OC(=O)C(F)(F)F. The molecule has 5 rings (SSSR count). The van der Waals surface area contributed by atoms with E-state index in [2.05, 4.69) is 20.7 Å². The van der Waals surface area contributed by atoms with Crippen LogP contribution in [-0.2, 0) is 30.5 Å². The van der Waals surface area contributed by atoms with Crippen LogP contribution < -0.4 is 31.3 Å². The van der Waals surface area contributed by atoms with Crippen LogP contribution in [0.3, 0.4) is 0 Å². The highest BCUT2D eigenvalue weighted by molar-refractivity contribution is 6.29. The highest BCUT2D eigenvalue weighted by atomic mass is 19.4. The molecule has 0 unspecified atom stereocenters. The zero-order valence-corrected chi connectivity index (χ0v) is 33.6. The molecule has 3 atom stereocenters. The minimum Gasteiger partial charge on any atom is -0.417 e. The van der Waals surface area contributed by atoms with Crippen LogP contribution in [0.25, 0.3) is 11.1 Å². The largest absolute Gasteiger partial charge is 0.491 e. The smallest absolute Gasteiger partial charge is 0.417 e. The summed E-state index contributed by atoms with van der Waals surface area (Å²) in [4.78, 5) is 75.9. The van der Waals surface area contributed by atoms with E-state index < -0.39 is 93.8 Å². The fourth-order valence-corrected chi connectivity index (χ4v) is 6.75. The summed E-state index contributed by atoms with van der Waals surface area (Å²) in [6.45, 7) is 5.01. The first-order valence-electron chi connectivity index (χ1n) is 19.1. The molecule has 6 N–H and O–H groups in total. The van der Waals surface area contributed by atoms with Crippen LogP contribution in [0, 0.1) is 17.0 Å². The number of hydrogen-bond acceptors (Lipinski definition) is 9. The Bertz CT molecular complexity index is 2360. The first-order chi connectivity index (χ1) is 29.2. The van der Waals surface area contributed by atoms with Gasteiger partial charge in [0.15, 0.2) is 5.75 Å². The molecule has 62 heavy (non-hydrogen) atoms. The number of aliphatic hydroxyl groups is 1. The lowest BCUT2D eigenvalue weighted by molar-refractivity contribution is -0.189. The number of para-hydroxylation sites is 1. The average Bonchev–Trinajstić information content (AvgIpc) is 3.77. The molecule has 0 bridgehead atoms. The topological polar surface area (TPSA) is 202 Å². The number of nitrogens with one attached hydrogen (secondary N) is 3. The van der Waals surface area contributed by atoms with Gasteiger partial charge in [0.1, 0.15) is 17.7 Å². The zero-order valence-electron chi connectivity index (χ0n) is 33.6. The van der Waals surface area contributed by atoms with Crippen molar-refractivity contribution >= 4 is 41.2 Å². The number of benzene rings is 3. The highest BCUT2D eigenvalue weighted by Crippen LogP contribution is 2.41. The molecular formula is C43H43F5N6O8. The minimum atomic E-state index is -5.49. The summed E-state index contributed by atoms with van der Waals surface area (Å²) in [5, 5.41) is 18.9. The van der Waals surface area contributed by atoms with Crippen LogP contribution in [0.2, 0.25) is 0 Å². The molecule has 0 spiro atoms. The highest BCUT2D eigenvalue weighted by Gasteiger charge is 2.43. The number of halogens is 5. The van der Waals surface area contributed by atoms with Crippen molar-refractivity contribution in [2.75, 3.05) is 24.5 Å². The van der Waals surface area contributed by atoms with Gasteiger partial charge in [-0.05, 0) is 53.8 Å². The van der Waals surface area contributed by atoms with Crippen molar-refractivity contribution in [1.82, 2.24) is 20.5 Å². The maximum atomic E-state index is 14.9. The number of alkyl halides is 3. The van der Waals surface area contributed by atoms with Gasteiger partial charge in [-0.1, -0.05) is 57.2 Å². The fourth-order valence-electron chi connectivity index (χ4n) is 6.75. The van der Waals surface area contributed by atoms with Crippen molar-refractivity contribution in [3.8, 4) is 16.9 Å². The van der Waals surface area contributed by atoms with E-state index >= 15 is 0 Å². The van der Waals surface area contributed by atoms with Crippen molar-refractivity contribution in [3.63, 3.8) is 0 Å². The first-order valence-corrected chi connectivity index (χ1v) is 19.1. The van der Waals surface area contributed by atoms with Gasteiger partial charge in [0.25, 0.3) is 17.7 Å². The van der Waals surface area contributed by atoms with Gasteiger partial charge in [0.2, 0.25) is 11.8 Å². The Hall–Kier alpha value is -6.73. The summed E-state index contributed by atoms with van der Waals surface area (Å²) < 4.78 is 74.8. The second-order valence-corrected chi connectivity index (χ2v) is 15.3. The third-order valence-corrected chi connectivity index (χ3v) is 9.72. The summed E-state index contributed by atoms with van der Waals surface area (Å²) in [5.41, 5.74) is 5.73. The van der Waals surface area contributed by atoms with E-state index in [1.165, 1.54) is 0 Å². The monoisotopic (exact) mass is 866 g/mol. The van der Waals surface area contributed by atoms with E-state index in [0.29, 0.717) is 16.2 Å². The Morgan fingerprint density at radius 3 is 2.11 bits per heavy atom. The van der Waals surface area contributed by atoms with E-state index in [1.54, 1.807) is 16.8 Å². The zero-order chi connectivity index (χ0) is 45.5. The fraction of sp³-hybridized carbons (Fsp3) is 0.302. The molecule has 328 valence electrons. The maximum absolute atomic E-state index is 14.9.